The molecule has 0 spiro atoms. The summed E-state index contributed by atoms with van der Waals surface area (Å²) in [5.74, 6) is 0.0271. The molecule has 2 aromatic carbocycles. The van der Waals surface area contributed by atoms with E-state index in [0.29, 0.717) is 11.9 Å². The Labute approximate surface area is 114 Å². The van der Waals surface area contributed by atoms with Gasteiger partial charge in [0.2, 0.25) is 0 Å². The van der Waals surface area contributed by atoms with Gasteiger partial charge in [0.1, 0.15) is 11.6 Å². The highest BCUT2D eigenvalue weighted by Gasteiger charge is 2.08. The highest BCUT2D eigenvalue weighted by Crippen LogP contribution is 2.17. The van der Waals surface area contributed by atoms with Crippen molar-refractivity contribution in [3.8, 4) is 5.75 Å². The first kappa shape index (κ1) is 12.2. The molecule has 0 saturated carbocycles. The summed E-state index contributed by atoms with van der Waals surface area (Å²) < 4.78 is 0. The molecule has 5 heteroatoms. The van der Waals surface area contributed by atoms with Crippen molar-refractivity contribution in [1.82, 2.24) is 9.97 Å². The molecule has 0 bridgehead atoms. The molecule has 0 unspecified atom stereocenters. The van der Waals surface area contributed by atoms with E-state index in [4.69, 9.17) is 5.11 Å². The molecule has 0 saturated heterocycles. The minimum Gasteiger partial charge on any atom is -0.508 e. The fraction of sp³-hybridized carbons (Fsp3) is 0.0667. The average Bonchev–Trinajstić information content (AvgIpc) is 2.82. The molecule has 100 valence electrons. The second kappa shape index (κ2) is 4.70. The third-order valence-corrected chi connectivity index (χ3v) is 3.09. The number of benzene rings is 2. The van der Waals surface area contributed by atoms with Gasteiger partial charge in [0.15, 0.2) is 0 Å². The fourth-order valence-electron chi connectivity index (χ4n) is 2.09. The second-order valence-electron chi connectivity index (χ2n) is 4.56. The number of rotatable bonds is 3. The number of carbonyl (C=O) groups is 1. The molecule has 0 radical (unpaired) electrons. The van der Waals surface area contributed by atoms with Crippen molar-refractivity contribution in [2.75, 3.05) is 0 Å². The monoisotopic (exact) mass is 268 g/mol. The number of aromatic hydroxyl groups is 1. The zero-order valence-electron chi connectivity index (χ0n) is 10.5. The van der Waals surface area contributed by atoms with E-state index in [-0.39, 0.29) is 11.3 Å². The lowest BCUT2D eigenvalue weighted by atomic mass is 10.1. The Morgan fingerprint density at radius 3 is 2.60 bits per heavy atom. The minimum absolute atomic E-state index is 0.226. The maximum atomic E-state index is 10.9. The van der Waals surface area contributed by atoms with Crippen molar-refractivity contribution in [3.63, 3.8) is 0 Å². The third-order valence-electron chi connectivity index (χ3n) is 3.09. The Balaban J connectivity index is 1.92. The summed E-state index contributed by atoms with van der Waals surface area (Å²) in [7, 11) is 0. The second-order valence-corrected chi connectivity index (χ2v) is 4.56. The van der Waals surface area contributed by atoms with E-state index < -0.39 is 5.97 Å². The summed E-state index contributed by atoms with van der Waals surface area (Å²) in [6.07, 6.45) is 0.595. The minimum atomic E-state index is -0.957. The van der Waals surface area contributed by atoms with Crippen molar-refractivity contribution >= 4 is 17.0 Å². The molecule has 1 aromatic heterocycles. The third kappa shape index (κ3) is 2.33. The number of nitrogens with one attached hydrogen (secondary N) is 1. The van der Waals surface area contributed by atoms with Gasteiger partial charge in [-0.2, -0.15) is 0 Å². The van der Waals surface area contributed by atoms with Gasteiger partial charge in [-0.25, -0.2) is 9.78 Å². The molecular formula is C15H12N2O3. The Morgan fingerprint density at radius 1 is 1.15 bits per heavy atom. The van der Waals surface area contributed by atoms with Gasteiger partial charge in [0, 0.05) is 6.42 Å². The van der Waals surface area contributed by atoms with Crippen molar-refractivity contribution in [2.24, 2.45) is 0 Å². The number of carboxylic acid groups (broad SMARTS) is 1. The molecule has 3 N–H and O–H groups in total. The van der Waals surface area contributed by atoms with Crippen LogP contribution < -0.4 is 0 Å². The number of imidazole rings is 1. The maximum Gasteiger partial charge on any atom is 0.335 e. The van der Waals surface area contributed by atoms with E-state index in [1.54, 1.807) is 24.3 Å². The normalized spacial score (nSPS) is 10.8. The standard InChI is InChI=1S/C15H12N2O3/c18-11-4-1-9(2-5-11)7-14-16-12-6-3-10(15(19)20)8-13(12)17-14/h1-6,8,18H,7H2,(H,16,17)(H,19,20). The lowest BCUT2D eigenvalue weighted by molar-refractivity contribution is 0.0697. The lowest BCUT2D eigenvalue weighted by Crippen LogP contribution is -1.94. The molecule has 5 nitrogen and oxygen atoms in total. The van der Waals surface area contributed by atoms with Crippen LogP contribution in [0.25, 0.3) is 11.0 Å². The number of carboxylic acids is 1. The Morgan fingerprint density at radius 2 is 1.90 bits per heavy atom. The number of phenolic OH excluding ortho intramolecular Hbond substituents is 1. The van der Waals surface area contributed by atoms with E-state index in [0.717, 1.165) is 16.9 Å². The number of phenols is 1. The van der Waals surface area contributed by atoms with E-state index in [1.165, 1.54) is 6.07 Å². The van der Waals surface area contributed by atoms with Crippen LogP contribution in [0.2, 0.25) is 0 Å². The smallest absolute Gasteiger partial charge is 0.335 e. The first-order valence-corrected chi connectivity index (χ1v) is 6.12. The average molecular weight is 268 g/mol. The van der Waals surface area contributed by atoms with E-state index in [9.17, 15) is 9.90 Å². The Kier molecular flexibility index (Phi) is 2.87. The van der Waals surface area contributed by atoms with Gasteiger partial charge in [-0.15, -0.1) is 0 Å². The molecule has 0 fully saturated rings. The van der Waals surface area contributed by atoms with Crippen LogP contribution in [-0.4, -0.2) is 26.2 Å². The summed E-state index contributed by atoms with van der Waals surface area (Å²) >= 11 is 0. The highest BCUT2D eigenvalue weighted by atomic mass is 16.4. The number of fused-ring (bicyclic) bond motifs is 1. The van der Waals surface area contributed by atoms with Crippen molar-refractivity contribution in [3.05, 3.63) is 59.4 Å². The largest absolute Gasteiger partial charge is 0.508 e. The van der Waals surface area contributed by atoms with Crippen LogP contribution in [0.4, 0.5) is 0 Å². The van der Waals surface area contributed by atoms with Crippen LogP contribution in [0.3, 0.4) is 0 Å². The van der Waals surface area contributed by atoms with E-state index in [2.05, 4.69) is 9.97 Å². The number of nitrogens with zero attached hydrogens (tertiary/aromatic N) is 1. The number of aromatic nitrogens is 2. The van der Waals surface area contributed by atoms with Crippen molar-refractivity contribution in [2.45, 2.75) is 6.42 Å². The number of H-pyrrole nitrogens is 1. The van der Waals surface area contributed by atoms with Gasteiger partial charge < -0.3 is 15.2 Å². The van der Waals surface area contributed by atoms with Crippen molar-refractivity contribution in [1.29, 1.82) is 0 Å². The lowest BCUT2D eigenvalue weighted by Gasteiger charge is -1.98. The number of hydrogen-bond donors (Lipinski definition) is 3. The zero-order valence-corrected chi connectivity index (χ0v) is 10.5. The van der Waals surface area contributed by atoms with Crippen LogP contribution in [0.15, 0.2) is 42.5 Å². The molecule has 1 heterocycles. The highest BCUT2D eigenvalue weighted by molar-refractivity contribution is 5.92. The quantitative estimate of drug-likeness (QED) is 0.681. The molecular weight excluding hydrogens is 256 g/mol. The van der Waals surface area contributed by atoms with Gasteiger partial charge in [0.25, 0.3) is 0 Å². The fourth-order valence-corrected chi connectivity index (χ4v) is 2.09. The predicted octanol–water partition coefficient (Wildman–Crippen LogP) is 2.56. The van der Waals surface area contributed by atoms with Gasteiger partial charge >= 0.3 is 5.97 Å². The van der Waals surface area contributed by atoms with Crippen LogP contribution in [0.1, 0.15) is 21.7 Å². The van der Waals surface area contributed by atoms with Crippen LogP contribution in [-0.2, 0) is 6.42 Å². The molecule has 0 aliphatic rings. The predicted molar refractivity (Wildman–Crippen MR) is 74.0 cm³/mol. The van der Waals surface area contributed by atoms with E-state index >= 15 is 0 Å². The van der Waals surface area contributed by atoms with E-state index in [1.807, 2.05) is 12.1 Å². The Bertz CT molecular complexity index is 775. The van der Waals surface area contributed by atoms with Crippen molar-refractivity contribution < 1.29 is 15.0 Å². The molecule has 20 heavy (non-hydrogen) atoms. The summed E-state index contributed by atoms with van der Waals surface area (Å²) in [6.45, 7) is 0. The molecule has 0 aliphatic carbocycles. The first-order valence-electron chi connectivity index (χ1n) is 6.12. The topological polar surface area (TPSA) is 86.2 Å². The van der Waals surface area contributed by atoms with Gasteiger partial charge in [-0.3, -0.25) is 0 Å². The van der Waals surface area contributed by atoms with Crippen LogP contribution >= 0.6 is 0 Å². The van der Waals surface area contributed by atoms with Crippen LogP contribution in [0, 0.1) is 0 Å². The molecule has 0 aliphatic heterocycles. The van der Waals surface area contributed by atoms with Gasteiger partial charge in [-0.05, 0) is 35.9 Å². The molecule has 3 aromatic rings. The first-order chi connectivity index (χ1) is 9.61. The molecule has 0 atom stereocenters. The summed E-state index contributed by atoms with van der Waals surface area (Å²) in [4.78, 5) is 18.5. The Hall–Kier alpha value is -2.82. The molecule has 0 amide bonds. The molecule has 3 rings (SSSR count). The number of aromatic carboxylic acids is 1. The SMILES string of the molecule is O=C(O)c1ccc2nc(Cc3ccc(O)cc3)[nH]c2c1. The summed E-state index contributed by atoms with van der Waals surface area (Å²) in [5, 5.41) is 18.2. The number of aromatic amines is 1. The van der Waals surface area contributed by atoms with Gasteiger partial charge in [0.05, 0.1) is 16.6 Å². The zero-order chi connectivity index (χ0) is 14.1. The summed E-state index contributed by atoms with van der Waals surface area (Å²) in [5.41, 5.74) is 2.69. The van der Waals surface area contributed by atoms with Gasteiger partial charge in [-0.1, -0.05) is 12.1 Å². The maximum absolute atomic E-state index is 10.9. The number of hydrogen-bond acceptors (Lipinski definition) is 3. The summed E-state index contributed by atoms with van der Waals surface area (Å²) in [6, 6.07) is 11.7. The van der Waals surface area contributed by atoms with Crippen LogP contribution in [0.5, 0.6) is 5.75 Å².